The molecule has 0 atom stereocenters. The molecule has 2 aromatic rings. The second-order valence-corrected chi connectivity index (χ2v) is 6.79. The van der Waals surface area contributed by atoms with E-state index >= 15 is 0 Å². The van der Waals surface area contributed by atoms with Crippen molar-refractivity contribution in [1.29, 1.82) is 0 Å². The van der Waals surface area contributed by atoms with Crippen molar-refractivity contribution in [3.8, 4) is 5.75 Å². The number of hydrogen-bond acceptors (Lipinski definition) is 4. The maximum absolute atomic E-state index is 5.42. The fourth-order valence-corrected chi connectivity index (χ4v) is 3.22. The molecule has 0 aliphatic carbocycles. The van der Waals surface area contributed by atoms with Crippen LogP contribution in [0.3, 0.4) is 0 Å². The van der Waals surface area contributed by atoms with E-state index in [1.165, 1.54) is 5.01 Å². The van der Waals surface area contributed by atoms with Crippen LogP contribution >= 0.6 is 35.3 Å². The summed E-state index contributed by atoms with van der Waals surface area (Å²) in [6, 6.07) is 8.04. The molecule has 0 spiro atoms. The first-order valence-electron chi connectivity index (χ1n) is 8.03. The summed E-state index contributed by atoms with van der Waals surface area (Å²) in [4.78, 5) is 11.1. The minimum atomic E-state index is 0. The average molecular weight is 474 g/mol. The zero-order valence-electron chi connectivity index (χ0n) is 15.4. The lowest BCUT2D eigenvalue weighted by Gasteiger charge is -2.22. The van der Waals surface area contributed by atoms with Gasteiger partial charge in [0.1, 0.15) is 5.75 Å². The van der Waals surface area contributed by atoms with Crippen molar-refractivity contribution in [3.63, 3.8) is 0 Å². The van der Waals surface area contributed by atoms with Crippen molar-refractivity contribution in [2.24, 2.45) is 4.99 Å². The number of aromatic nitrogens is 1. The molecule has 1 aromatic carbocycles. The van der Waals surface area contributed by atoms with Crippen LogP contribution in [0.1, 0.15) is 36.0 Å². The fraction of sp³-hybridized carbons (Fsp3) is 0.444. The molecule has 0 aliphatic heterocycles. The lowest BCUT2D eigenvalue weighted by atomic mass is 10.2. The first-order valence-corrected chi connectivity index (χ1v) is 8.91. The highest BCUT2D eigenvalue weighted by molar-refractivity contribution is 14.0. The third-order valence-corrected chi connectivity index (χ3v) is 4.86. The Morgan fingerprint density at radius 1 is 1.36 bits per heavy atom. The van der Waals surface area contributed by atoms with E-state index in [0.29, 0.717) is 12.5 Å². The smallest absolute Gasteiger partial charge is 0.194 e. The molecule has 2 rings (SSSR count). The van der Waals surface area contributed by atoms with Crippen LogP contribution < -0.4 is 10.1 Å². The van der Waals surface area contributed by atoms with Gasteiger partial charge in [0.25, 0.3) is 0 Å². The number of guanidine groups is 1. The second kappa shape index (κ2) is 10.6. The summed E-state index contributed by atoms with van der Waals surface area (Å²) in [5.74, 6) is 2.19. The van der Waals surface area contributed by atoms with E-state index in [1.807, 2.05) is 25.2 Å². The van der Waals surface area contributed by atoms with Gasteiger partial charge in [0, 0.05) is 37.5 Å². The quantitative estimate of drug-likeness (QED) is 0.389. The van der Waals surface area contributed by atoms with E-state index < -0.39 is 0 Å². The number of aliphatic imine (C=N–C) groups is 1. The Hall–Kier alpha value is -1.35. The Balaban J connectivity index is 0.00000312. The minimum absolute atomic E-state index is 0. The summed E-state index contributed by atoms with van der Waals surface area (Å²) in [6.45, 7) is 5.72. The molecule has 1 aromatic heterocycles. The predicted octanol–water partition coefficient (Wildman–Crippen LogP) is 4.10. The molecule has 0 unspecified atom stereocenters. The van der Waals surface area contributed by atoms with Crippen LogP contribution in [0.2, 0.25) is 0 Å². The maximum Gasteiger partial charge on any atom is 0.194 e. The number of para-hydroxylation sites is 1. The molecule has 0 radical (unpaired) electrons. The molecule has 25 heavy (non-hydrogen) atoms. The zero-order valence-corrected chi connectivity index (χ0v) is 18.6. The molecule has 138 valence electrons. The molecule has 1 heterocycles. The number of ether oxygens (including phenoxy) is 1. The number of nitrogens with one attached hydrogen (secondary N) is 1. The fourth-order valence-electron chi connectivity index (χ4n) is 2.39. The van der Waals surface area contributed by atoms with E-state index in [9.17, 15) is 0 Å². The van der Waals surface area contributed by atoms with Gasteiger partial charge in [0.05, 0.1) is 24.4 Å². The van der Waals surface area contributed by atoms with Crippen molar-refractivity contribution < 1.29 is 4.74 Å². The SMILES string of the molecule is CN=C(NCc1csc(C(C)C)n1)N(C)Cc1ccccc1OC.I. The van der Waals surface area contributed by atoms with E-state index in [-0.39, 0.29) is 24.0 Å². The third kappa shape index (κ3) is 6.14. The van der Waals surface area contributed by atoms with Crippen LogP contribution in [-0.2, 0) is 13.1 Å². The van der Waals surface area contributed by atoms with Crippen molar-refractivity contribution in [2.75, 3.05) is 21.2 Å². The Morgan fingerprint density at radius 3 is 2.68 bits per heavy atom. The van der Waals surface area contributed by atoms with Crippen molar-refractivity contribution >= 4 is 41.3 Å². The molecule has 0 fully saturated rings. The minimum Gasteiger partial charge on any atom is -0.496 e. The van der Waals surface area contributed by atoms with E-state index in [2.05, 4.69) is 45.5 Å². The lowest BCUT2D eigenvalue weighted by Crippen LogP contribution is -2.38. The molecule has 0 saturated heterocycles. The van der Waals surface area contributed by atoms with Gasteiger partial charge in [-0.15, -0.1) is 35.3 Å². The molecule has 7 heteroatoms. The molecule has 0 bridgehead atoms. The van der Waals surface area contributed by atoms with Crippen LogP contribution in [0.5, 0.6) is 5.75 Å². The van der Waals surface area contributed by atoms with E-state index in [1.54, 1.807) is 25.5 Å². The van der Waals surface area contributed by atoms with Gasteiger partial charge in [-0.2, -0.15) is 0 Å². The number of thiazole rings is 1. The number of nitrogens with zero attached hydrogens (tertiary/aromatic N) is 3. The number of benzene rings is 1. The van der Waals surface area contributed by atoms with Gasteiger partial charge in [0.2, 0.25) is 0 Å². The molecular weight excluding hydrogens is 447 g/mol. The Morgan fingerprint density at radius 2 is 2.08 bits per heavy atom. The summed E-state index contributed by atoms with van der Waals surface area (Å²) in [6.07, 6.45) is 0. The van der Waals surface area contributed by atoms with Crippen LogP contribution in [0, 0.1) is 0 Å². The predicted molar refractivity (Wildman–Crippen MR) is 116 cm³/mol. The van der Waals surface area contributed by atoms with Crippen molar-refractivity contribution in [2.45, 2.75) is 32.9 Å². The molecule has 0 saturated carbocycles. The highest BCUT2D eigenvalue weighted by atomic mass is 127. The second-order valence-electron chi connectivity index (χ2n) is 5.90. The summed E-state index contributed by atoms with van der Waals surface area (Å²) in [7, 11) is 5.50. The zero-order chi connectivity index (χ0) is 17.5. The van der Waals surface area contributed by atoms with Crippen molar-refractivity contribution in [1.82, 2.24) is 15.2 Å². The van der Waals surface area contributed by atoms with E-state index in [4.69, 9.17) is 4.74 Å². The van der Waals surface area contributed by atoms with Gasteiger partial charge >= 0.3 is 0 Å². The Kier molecular flexibility index (Phi) is 9.20. The van der Waals surface area contributed by atoms with Gasteiger partial charge in [-0.1, -0.05) is 32.0 Å². The van der Waals surface area contributed by atoms with Gasteiger partial charge < -0.3 is 15.0 Å². The molecule has 0 aliphatic rings. The van der Waals surface area contributed by atoms with Gasteiger partial charge in [-0.25, -0.2) is 4.98 Å². The summed E-state index contributed by atoms with van der Waals surface area (Å²) < 4.78 is 5.42. The molecular formula is C18H27IN4OS. The van der Waals surface area contributed by atoms with Crippen LogP contribution in [0.15, 0.2) is 34.6 Å². The maximum atomic E-state index is 5.42. The van der Waals surface area contributed by atoms with Crippen LogP contribution in [-0.4, -0.2) is 37.0 Å². The van der Waals surface area contributed by atoms with E-state index in [0.717, 1.165) is 29.5 Å². The van der Waals surface area contributed by atoms with Gasteiger partial charge in [-0.3, -0.25) is 4.99 Å². The summed E-state index contributed by atoms with van der Waals surface area (Å²) >= 11 is 1.71. The first kappa shape index (κ1) is 21.7. The van der Waals surface area contributed by atoms with Gasteiger partial charge in [0.15, 0.2) is 5.96 Å². The number of methoxy groups -OCH3 is 1. The summed E-state index contributed by atoms with van der Waals surface area (Å²) in [5.41, 5.74) is 2.18. The topological polar surface area (TPSA) is 49.8 Å². The van der Waals surface area contributed by atoms with Crippen LogP contribution in [0.25, 0.3) is 0 Å². The Labute approximate surface area is 171 Å². The first-order chi connectivity index (χ1) is 11.5. The number of hydrogen-bond donors (Lipinski definition) is 1. The normalized spacial score (nSPS) is 11.2. The number of rotatable bonds is 6. The standard InChI is InChI=1S/C18H26N4OS.HI/c1-13(2)17-21-15(12-24-17)10-20-18(19-3)22(4)11-14-8-6-7-9-16(14)23-5;/h6-9,12-13H,10-11H2,1-5H3,(H,19,20);1H. The summed E-state index contributed by atoms with van der Waals surface area (Å²) in [5, 5.41) is 6.65. The molecule has 1 N–H and O–H groups in total. The average Bonchev–Trinajstić information content (AvgIpc) is 3.05. The Bertz CT molecular complexity index is 687. The molecule has 0 amide bonds. The van der Waals surface area contributed by atoms with Gasteiger partial charge in [-0.05, 0) is 6.07 Å². The number of halogens is 1. The monoisotopic (exact) mass is 474 g/mol. The van der Waals surface area contributed by atoms with Crippen molar-refractivity contribution in [3.05, 3.63) is 45.9 Å². The largest absolute Gasteiger partial charge is 0.496 e. The van der Waals surface area contributed by atoms with Crippen LogP contribution in [0.4, 0.5) is 0 Å². The lowest BCUT2D eigenvalue weighted by molar-refractivity contribution is 0.396. The molecule has 5 nitrogen and oxygen atoms in total. The highest BCUT2D eigenvalue weighted by Gasteiger charge is 2.11. The third-order valence-electron chi connectivity index (χ3n) is 3.66. The highest BCUT2D eigenvalue weighted by Crippen LogP contribution is 2.20.